The molecule has 1 aliphatic rings. The maximum absolute atomic E-state index is 11.1. The minimum absolute atomic E-state index is 0.194. The zero-order chi connectivity index (χ0) is 15.4. The molecule has 0 saturated carbocycles. The van der Waals surface area contributed by atoms with Crippen LogP contribution in [0.15, 0.2) is 61.2 Å². The lowest BCUT2D eigenvalue weighted by Crippen LogP contribution is -2.34. The van der Waals surface area contributed by atoms with Crippen molar-refractivity contribution in [1.82, 2.24) is 4.90 Å². The van der Waals surface area contributed by atoms with Crippen LogP contribution in [0.4, 0.5) is 0 Å². The molecule has 1 aliphatic heterocycles. The molecule has 0 amide bonds. The molecule has 2 aromatic rings. The lowest BCUT2D eigenvalue weighted by Gasteiger charge is -2.28. The molecule has 22 heavy (non-hydrogen) atoms. The molecule has 112 valence electrons. The molecule has 0 N–H and O–H groups in total. The van der Waals surface area contributed by atoms with Crippen LogP contribution in [0.2, 0.25) is 0 Å². The lowest BCUT2D eigenvalue weighted by atomic mass is 10.0. The van der Waals surface area contributed by atoms with Crippen LogP contribution >= 0.6 is 0 Å². The average molecular weight is 295 g/mol. The van der Waals surface area contributed by atoms with E-state index in [1.807, 2.05) is 29.2 Å². The summed E-state index contributed by atoms with van der Waals surface area (Å²) in [5.41, 5.74) is 3.40. The summed E-state index contributed by atoms with van der Waals surface area (Å²) in [6.45, 7) is 4.66. The quantitative estimate of drug-likeness (QED) is 0.641. The van der Waals surface area contributed by atoms with Gasteiger partial charge < -0.3 is 9.47 Å². The van der Waals surface area contributed by atoms with Gasteiger partial charge in [0.25, 0.3) is 0 Å². The van der Waals surface area contributed by atoms with Gasteiger partial charge >= 0.3 is 5.97 Å². The molecule has 0 saturated heterocycles. The molecule has 0 spiro atoms. The number of benzene rings is 2. The van der Waals surface area contributed by atoms with E-state index in [-0.39, 0.29) is 6.73 Å². The molecule has 4 nitrogen and oxygen atoms in total. The summed E-state index contributed by atoms with van der Waals surface area (Å²) in [5.74, 6) is 0.454. The van der Waals surface area contributed by atoms with Crippen LogP contribution in [-0.2, 0) is 16.1 Å². The fourth-order valence-electron chi connectivity index (χ4n) is 2.40. The van der Waals surface area contributed by atoms with Crippen molar-refractivity contribution < 1.29 is 14.3 Å². The minimum Gasteiger partial charge on any atom is -0.478 e. The fourth-order valence-corrected chi connectivity index (χ4v) is 2.40. The van der Waals surface area contributed by atoms with Crippen molar-refractivity contribution in [1.29, 1.82) is 0 Å². The number of hydrogen-bond donors (Lipinski definition) is 0. The van der Waals surface area contributed by atoms with Crippen molar-refractivity contribution in [3.05, 3.63) is 66.7 Å². The first kappa shape index (κ1) is 14.4. The first-order chi connectivity index (χ1) is 10.8. The summed E-state index contributed by atoms with van der Waals surface area (Å²) in [7, 11) is 0. The Labute approximate surface area is 129 Å². The van der Waals surface area contributed by atoms with Gasteiger partial charge in [-0.2, -0.15) is 0 Å². The van der Waals surface area contributed by atoms with E-state index < -0.39 is 5.97 Å². The number of carbonyl (C=O) groups excluding carboxylic acids is 1. The van der Waals surface area contributed by atoms with Crippen molar-refractivity contribution in [2.24, 2.45) is 0 Å². The van der Waals surface area contributed by atoms with E-state index in [9.17, 15) is 4.79 Å². The second-order valence-electron chi connectivity index (χ2n) is 5.09. The van der Waals surface area contributed by atoms with Crippen LogP contribution in [0.3, 0.4) is 0 Å². The molecule has 3 rings (SSSR count). The molecule has 2 aromatic carbocycles. The molecule has 0 unspecified atom stereocenters. The Morgan fingerprint density at radius 2 is 2.05 bits per heavy atom. The number of hydrogen-bond acceptors (Lipinski definition) is 4. The van der Waals surface area contributed by atoms with Gasteiger partial charge in [0.1, 0.15) is 19.2 Å². The second kappa shape index (κ2) is 6.45. The third kappa shape index (κ3) is 3.18. The summed E-state index contributed by atoms with van der Waals surface area (Å²) in [4.78, 5) is 13.0. The SMILES string of the molecule is C=CC(=O)OCN1COc2ccc(-c3ccccc3)cc2C1. The predicted octanol–water partition coefficient (Wildman–Crippen LogP) is 3.19. The summed E-state index contributed by atoms with van der Waals surface area (Å²) in [6.07, 6.45) is 1.16. The van der Waals surface area contributed by atoms with E-state index in [0.717, 1.165) is 23.0 Å². The standard InChI is InChI=1S/C18H17NO3/c1-2-18(20)22-13-19-11-16-10-15(8-9-17(16)21-12-19)14-6-4-3-5-7-14/h2-10H,1,11-13H2. The third-order valence-electron chi connectivity index (χ3n) is 3.52. The largest absolute Gasteiger partial charge is 0.478 e. The maximum Gasteiger partial charge on any atom is 0.331 e. The first-order valence-corrected chi connectivity index (χ1v) is 7.09. The van der Waals surface area contributed by atoms with Gasteiger partial charge in [-0.3, -0.25) is 0 Å². The van der Waals surface area contributed by atoms with E-state index in [1.165, 1.54) is 5.56 Å². The van der Waals surface area contributed by atoms with E-state index in [2.05, 4.69) is 30.8 Å². The van der Waals surface area contributed by atoms with Gasteiger partial charge in [0.15, 0.2) is 0 Å². The summed E-state index contributed by atoms with van der Waals surface area (Å²) >= 11 is 0. The fraction of sp³-hybridized carbons (Fsp3) is 0.167. The number of carbonyl (C=O) groups is 1. The molecule has 4 heteroatoms. The Hall–Kier alpha value is -2.59. The van der Waals surface area contributed by atoms with Gasteiger partial charge in [-0.1, -0.05) is 43.0 Å². The molecule has 0 atom stereocenters. The molecule has 0 fully saturated rings. The Morgan fingerprint density at radius 3 is 2.82 bits per heavy atom. The summed E-state index contributed by atoms with van der Waals surface area (Å²) in [6, 6.07) is 16.4. The Kier molecular flexibility index (Phi) is 4.21. The van der Waals surface area contributed by atoms with Crippen molar-refractivity contribution in [2.45, 2.75) is 6.54 Å². The highest BCUT2D eigenvalue weighted by molar-refractivity contribution is 5.81. The zero-order valence-corrected chi connectivity index (χ0v) is 12.2. The van der Waals surface area contributed by atoms with Crippen LogP contribution in [-0.4, -0.2) is 24.3 Å². The van der Waals surface area contributed by atoms with E-state index >= 15 is 0 Å². The van der Waals surface area contributed by atoms with E-state index in [1.54, 1.807) is 0 Å². The first-order valence-electron chi connectivity index (χ1n) is 7.09. The maximum atomic E-state index is 11.1. The van der Waals surface area contributed by atoms with Gasteiger partial charge in [-0.05, 0) is 23.3 Å². The number of fused-ring (bicyclic) bond motifs is 1. The third-order valence-corrected chi connectivity index (χ3v) is 3.52. The highest BCUT2D eigenvalue weighted by atomic mass is 16.6. The average Bonchev–Trinajstić information content (AvgIpc) is 2.59. The molecule has 0 bridgehead atoms. The molecule has 0 aliphatic carbocycles. The van der Waals surface area contributed by atoms with Crippen LogP contribution < -0.4 is 4.74 Å². The van der Waals surface area contributed by atoms with Crippen molar-refractivity contribution in [3.8, 4) is 16.9 Å². The van der Waals surface area contributed by atoms with Crippen LogP contribution in [0.25, 0.3) is 11.1 Å². The van der Waals surface area contributed by atoms with Crippen molar-refractivity contribution >= 4 is 5.97 Å². The molecule has 0 radical (unpaired) electrons. The van der Waals surface area contributed by atoms with Crippen LogP contribution in [0.1, 0.15) is 5.56 Å². The Morgan fingerprint density at radius 1 is 1.23 bits per heavy atom. The topological polar surface area (TPSA) is 38.8 Å². The van der Waals surface area contributed by atoms with Gasteiger partial charge in [-0.25, -0.2) is 9.69 Å². The van der Waals surface area contributed by atoms with Gasteiger partial charge in [0.2, 0.25) is 0 Å². The normalized spacial score (nSPS) is 13.8. The zero-order valence-electron chi connectivity index (χ0n) is 12.2. The number of esters is 1. The second-order valence-corrected chi connectivity index (χ2v) is 5.09. The van der Waals surface area contributed by atoms with Crippen LogP contribution in [0, 0.1) is 0 Å². The number of rotatable bonds is 4. The number of ether oxygens (including phenoxy) is 2. The Balaban J connectivity index is 1.75. The van der Waals surface area contributed by atoms with E-state index in [0.29, 0.717) is 13.3 Å². The minimum atomic E-state index is -0.427. The molecular formula is C18H17NO3. The predicted molar refractivity (Wildman–Crippen MR) is 84.1 cm³/mol. The highest BCUT2D eigenvalue weighted by Crippen LogP contribution is 2.30. The molecule has 1 heterocycles. The smallest absolute Gasteiger partial charge is 0.331 e. The monoisotopic (exact) mass is 295 g/mol. The van der Waals surface area contributed by atoms with Crippen molar-refractivity contribution in [2.75, 3.05) is 13.5 Å². The molecule has 0 aromatic heterocycles. The summed E-state index contributed by atoms with van der Waals surface area (Å²) < 4.78 is 10.8. The van der Waals surface area contributed by atoms with Crippen LogP contribution in [0.5, 0.6) is 5.75 Å². The number of nitrogens with zero attached hydrogens (tertiary/aromatic N) is 1. The van der Waals surface area contributed by atoms with Gasteiger partial charge in [0, 0.05) is 18.2 Å². The Bertz CT molecular complexity index is 682. The van der Waals surface area contributed by atoms with E-state index in [4.69, 9.17) is 9.47 Å². The lowest BCUT2D eigenvalue weighted by molar-refractivity contribution is -0.144. The van der Waals surface area contributed by atoms with Gasteiger partial charge in [0.05, 0.1) is 0 Å². The van der Waals surface area contributed by atoms with Gasteiger partial charge in [-0.15, -0.1) is 0 Å². The highest BCUT2D eigenvalue weighted by Gasteiger charge is 2.18. The summed E-state index contributed by atoms with van der Waals surface area (Å²) in [5, 5.41) is 0. The van der Waals surface area contributed by atoms with Crippen molar-refractivity contribution in [3.63, 3.8) is 0 Å². The molecular weight excluding hydrogens is 278 g/mol.